The van der Waals surface area contributed by atoms with Gasteiger partial charge in [-0.3, -0.25) is 14.4 Å². The van der Waals surface area contributed by atoms with Crippen LogP contribution in [0.2, 0.25) is 0 Å². The molecule has 0 spiro atoms. The Balaban J connectivity index is 1.21. The number of carboxylic acid groups (broad SMARTS) is 1. The monoisotopic (exact) mass is 639 g/mol. The largest absolute Gasteiger partial charge is 0.481 e. The summed E-state index contributed by atoms with van der Waals surface area (Å²) < 4.78 is 5.67. The van der Waals surface area contributed by atoms with Crippen molar-refractivity contribution in [2.75, 3.05) is 19.7 Å². The first-order valence-corrected chi connectivity index (χ1v) is 16.5. The molecule has 9 nitrogen and oxygen atoms in total. The van der Waals surface area contributed by atoms with Crippen LogP contribution in [0.4, 0.5) is 4.79 Å². The number of fused-ring (bicyclic) bond motifs is 3. The van der Waals surface area contributed by atoms with Crippen LogP contribution in [0.1, 0.15) is 85.8 Å². The van der Waals surface area contributed by atoms with Crippen molar-refractivity contribution in [3.8, 4) is 11.1 Å². The van der Waals surface area contributed by atoms with Crippen LogP contribution in [0, 0.1) is 11.3 Å². The Bertz CT molecular complexity index is 1540. The van der Waals surface area contributed by atoms with Crippen LogP contribution in [-0.2, 0) is 20.9 Å². The highest BCUT2D eigenvalue weighted by Crippen LogP contribution is 2.44. The zero-order valence-corrected chi connectivity index (χ0v) is 27.5. The van der Waals surface area contributed by atoms with Gasteiger partial charge in [-0.2, -0.15) is 0 Å². The average molecular weight is 640 g/mol. The molecule has 3 amide bonds. The molecule has 0 saturated heterocycles. The van der Waals surface area contributed by atoms with E-state index in [0.717, 1.165) is 53.5 Å². The fraction of sp³-hybridized carbons (Fsp3) is 0.421. The summed E-state index contributed by atoms with van der Waals surface area (Å²) in [7, 11) is 0. The Morgan fingerprint density at radius 3 is 2.00 bits per heavy atom. The van der Waals surface area contributed by atoms with Crippen LogP contribution in [-0.4, -0.2) is 59.6 Å². The number of amides is 3. The predicted octanol–water partition coefficient (Wildman–Crippen LogP) is 6.36. The van der Waals surface area contributed by atoms with E-state index in [1.807, 2.05) is 41.3 Å². The molecule has 3 N–H and O–H groups in total. The Kier molecular flexibility index (Phi) is 10.6. The van der Waals surface area contributed by atoms with Crippen molar-refractivity contribution in [2.45, 2.75) is 71.4 Å². The number of alkyl carbamates (subject to hydrolysis) is 1. The van der Waals surface area contributed by atoms with Crippen molar-refractivity contribution in [1.82, 2.24) is 15.5 Å². The van der Waals surface area contributed by atoms with E-state index in [-0.39, 0.29) is 55.3 Å². The molecule has 3 aromatic carbocycles. The molecular formula is C38H45N3O6. The molecule has 0 aromatic heterocycles. The maximum absolute atomic E-state index is 13.7. The number of benzene rings is 3. The lowest BCUT2D eigenvalue weighted by Gasteiger charge is -2.41. The molecule has 2 aliphatic rings. The number of carboxylic acids is 1. The van der Waals surface area contributed by atoms with E-state index >= 15 is 0 Å². The summed E-state index contributed by atoms with van der Waals surface area (Å²) in [6.07, 6.45) is 3.02. The van der Waals surface area contributed by atoms with E-state index in [1.165, 1.54) is 0 Å². The van der Waals surface area contributed by atoms with Gasteiger partial charge >= 0.3 is 12.1 Å². The van der Waals surface area contributed by atoms with Crippen molar-refractivity contribution in [2.24, 2.45) is 11.3 Å². The SMILES string of the molecule is CC(C)(C)C1CCC(N(Cc2ccc(C(=O)NCCC(=O)O)cc2)C(=O)CNC(=O)OCC2c3ccccc3-c3ccccc32)CC1. The molecule has 0 unspecified atom stereocenters. The number of hydrogen-bond donors (Lipinski definition) is 3. The Morgan fingerprint density at radius 1 is 0.830 bits per heavy atom. The quantitative estimate of drug-likeness (QED) is 0.224. The van der Waals surface area contributed by atoms with Gasteiger partial charge in [-0.05, 0) is 77.0 Å². The van der Waals surface area contributed by atoms with Gasteiger partial charge in [0.15, 0.2) is 0 Å². The second-order valence-electron chi connectivity index (χ2n) is 13.7. The fourth-order valence-corrected chi connectivity index (χ4v) is 6.92. The molecule has 5 rings (SSSR count). The normalized spacial score (nSPS) is 17.3. The molecule has 0 atom stereocenters. The van der Waals surface area contributed by atoms with Crippen LogP contribution in [0.25, 0.3) is 11.1 Å². The maximum atomic E-state index is 13.7. The minimum Gasteiger partial charge on any atom is -0.481 e. The molecule has 47 heavy (non-hydrogen) atoms. The molecule has 1 saturated carbocycles. The van der Waals surface area contributed by atoms with Gasteiger partial charge in [0, 0.05) is 30.6 Å². The molecule has 1 fully saturated rings. The smallest absolute Gasteiger partial charge is 0.407 e. The van der Waals surface area contributed by atoms with E-state index < -0.39 is 12.1 Å². The summed E-state index contributed by atoms with van der Waals surface area (Å²) in [5.41, 5.74) is 6.02. The number of hydrogen-bond acceptors (Lipinski definition) is 5. The van der Waals surface area contributed by atoms with Crippen LogP contribution < -0.4 is 10.6 Å². The van der Waals surface area contributed by atoms with Crippen molar-refractivity contribution in [3.05, 3.63) is 95.1 Å². The van der Waals surface area contributed by atoms with Gasteiger partial charge in [0.05, 0.1) is 6.42 Å². The van der Waals surface area contributed by atoms with E-state index in [0.29, 0.717) is 18.0 Å². The van der Waals surface area contributed by atoms with E-state index in [2.05, 4.69) is 55.7 Å². The standard InChI is InChI=1S/C38H45N3O6/c1-38(2,3)27-16-18-28(19-17-27)41(23-25-12-14-26(15-13-25)36(45)39-21-20-35(43)44)34(42)22-40-37(46)47-24-33-31-10-6-4-8-29(31)30-9-5-7-11-32(30)33/h4-15,27-28,33H,16-24H2,1-3H3,(H,39,45)(H,40,46)(H,43,44). The average Bonchev–Trinajstić information content (AvgIpc) is 3.38. The minimum absolute atomic E-state index is 0.0319. The maximum Gasteiger partial charge on any atom is 0.407 e. The van der Waals surface area contributed by atoms with Crippen LogP contribution in [0.5, 0.6) is 0 Å². The van der Waals surface area contributed by atoms with E-state index in [4.69, 9.17) is 9.84 Å². The first-order valence-electron chi connectivity index (χ1n) is 16.5. The van der Waals surface area contributed by atoms with Gasteiger partial charge in [0.25, 0.3) is 5.91 Å². The molecule has 248 valence electrons. The van der Waals surface area contributed by atoms with Gasteiger partial charge in [-0.15, -0.1) is 0 Å². The third-order valence-corrected chi connectivity index (χ3v) is 9.60. The number of carbonyl (C=O) groups is 4. The van der Waals surface area contributed by atoms with Crippen molar-refractivity contribution in [1.29, 1.82) is 0 Å². The summed E-state index contributed by atoms with van der Waals surface area (Å²) in [6, 6.07) is 23.3. The number of aliphatic carboxylic acids is 1. The molecule has 9 heteroatoms. The van der Waals surface area contributed by atoms with Crippen molar-refractivity contribution >= 4 is 23.9 Å². The Hall–Kier alpha value is -4.66. The minimum atomic E-state index is -0.977. The summed E-state index contributed by atoms with van der Waals surface area (Å²) in [5, 5.41) is 14.1. The lowest BCUT2D eigenvalue weighted by atomic mass is 9.71. The first kappa shape index (κ1) is 33.7. The van der Waals surface area contributed by atoms with E-state index in [9.17, 15) is 19.2 Å². The molecule has 3 aromatic rings. The summed E-state index contributed by atoms with van der Waals surface area (Å²) in [5.74, 6) is -1.00. The second kappa shape index (κ2) is 14.8. The zero-order chi connectivity index (χ0) is 33.6. The van der Waals surface area contributed by atoms with Crippen LogP contribution in [0.15, 0.2) is 72.8 Å². The van der Waals surface area contributed by atoms with Gasteiger partial charge < -0.3 is 25.4 Å². The molecule has 0 bridgehead atoms. The van der Waals surface area contributed by atoms with Crippen LogP contribution >= 0.6 is 0 Å². The molecule has 0 radical (unpaired) electrons. The first-order chi connectivity index (χ1) is 22.5. The highest BCUT2D eigenvalue weighted by Gasteiger charge is 2.34. The Labute approximate surface area is 276 Å². The fourth-order valence-electron chi connectivity index (χ4n) is 6.92. The lowest BCUT2D eigenvalue weighted by Crippen LogP contribution is -2.47. The number of ether oxygens (including phenoxy) is 1. The summed E-state index contributed by atoms with van der Waals surface area (Å²) in [6.45, 7) is 7.17. The molecular weight excluding hydrogens is 594 g/mol. The topological polar surface area (TPSA) is 125 Å². The van der Waals surface area contributed by atoms with Crippen LogP contribution in [0.3, 0.4) is 0 Å². The predicted molar refractivity (Wildman–Crippen MR) is 180 cm³/mol. The number of carbonyl (C=O) groups excluding carboxylic acids is 3. The molecule has 0 heterocycles. The van der Waals surface area contributed by atoms with Crippen molar-refractivity contribution in [3.63, 3.8) is 0 Å². The summed E-state index contributed by atoms with van der Waals surface area (Å²) in [4.78, 5) is 51.6. The molecule has 0 aliphatic heterocycles. The number of nitrogens with zero attached hydrogens (tertiary/aromatic N) is 1. The third-order valence-electron chi connectivity index (χ3n) is 9.60. The summed E-state index contributed by atoms with van der Waals surface area (Å²) >= 11 is 0. The third kappa shape index (κ3) is 8.39. The second-order valence-corrected chi connectivity index (χ2v) is 13.7. The van der Waals surface area contributed by atoms with Gasteiger partial charge in [0.1, 0.15) is 13.2 Å². The van der Waals surface area contributed by atoms with Crippen molar-refractivity contribution < 1.29 is 29.0 Å². The lowest BCUT2D eigenvalue weighted by molar-refractivity contribution is -0.137. The highest BCUT2D eigenvalue weighted by molar-refractivity contribution is 5.94. The number of nitrogens with one attached hydrogen (secondary N) is 2. The highest BCUT2D eigenvalue weighted by atomic mass is 16.5. The zero-order valence-electron chi connectivity index (χ0n) is 27.5. The Morgan fingerprint density at radius 2 is 1.43 bits per heavy atom. The van der Waals surface area contributed by atoms with Gasteiger partial charge in [0.2, 0.25) is 5.91 Å². The van der Waals surface area contributed by atoms with E-state index in [1.54, 1.807) is 12.1 Å². The van der Waals surface area contributed by atoms with Gasteiger partial charge in [-0.1, -0.05) is 81.4 Å². The molecule has 2 aliphatic carbocycles. The van der Waals surface area contributed by atoms with Gasteiger partial charge in [-0.25, -0.2) is 4.79 Å². The number of rotatable bonds is 11.